The third-order valence-corrected chi connectivity index (χ3v) is 4.69. The molecule has 1 unspecified atom stereocenters. The summed E-state index contributed by atoms with van der Waals surface area (Å²) in [7, 11) is 0. The fraction of sp³-hybridized carbons (Fsp3) is 0.556. The molecular formula is C18H25NO3. The predicted octanol–water partition coefficient (Wildman–Crippen LogP) is 3.01. The third-order valence-electron chi connectivity index (χ3n) is 4.69. The van der Waals surface area contributed by atoms with Crippen LogP contribution in [0.15, 0.2) is 30.3 Å². The van der Waals surface area contributed by atoms with Crippen molar-refractivity contribution in [2.75, 3.05) is 0 Å². The highest BCUT2D eigenvalue weighted by Gasteiger charge is 2.28. The van der Waals surface area contributed by atoms with E-state index < -0.39 is 12.0 Å². The van der Waals surface area contributed by atoms with E-state index in [1.165, 1.54) is 6.42 Å². The van der Waals surface area contributed by atoms with Crippen molar-refractivity contribution in [3.8, 4) is 0 Å². The SMILES string of the molecule is CCC1CCC(C(=O)NC(Cc2ccccc2)C(=O)O)CC1. The van der Waals surface area contributed by atoms with Crippen molar-refractivity contribution in [1.82, 2.24) is 5.32 Å². The smallest absolute Gasteiger partial charge is 0.326 e. The largest absolute Gasteiger partial charge is 0.480 e. The molecule has 0 spiro atoms. The van der Waals surface area contributed by atoms with Gasteiger partial charge in [-0.2, -0.15) is 0 Å². The van der Waals surface area contributed by atoms with Crippen LogP contribution in [0.25, 0.3) is 0 Å². The van der Waals surface area contributed by atoms with Gasteiger partial charge in [0.2, 0.25) is 5.91 Å². The van der Waals surface area contributed by atoms with Crippen LogP contribution in [-0.4, -0.2) is 23.0 Å². The molecule has 1 aliphatic carbocycles. The Morgan fingerprint density at radius 3 is 2.36 bits per heavy atom. The number of carbonyl (C=O) groups excluding carboxylic acids is 1. The molecule has 1 amide bonds. The van der Waals surface area contributed by atoms with Crippen LogP contribution < -0.4 is 5.32 Å². The summed E-state index contributed by atoms with van der Waals surface area (Å²) in [4.78, 5) is 23.7. The molecule has 2 N–H and O–H groups in total. The highest BCUT2D eigenvalue weighted by Crippen LogP contribution is 2.30. The molecule has 120 valence electrons. The topological polar surface area (TPSA) is 66.4 Å². The van der Waals surface area contributed by atoms with Crippen molar-refractivity contribution in [3.05, 3.63) is 35.9 Å². The normalized spacial score (nSPS) is 22.8. The Bertz CT molecular complexity index is 492. The predicted molar refractivity (Wildman–Crippen MR) is 85.5 cm³/mol. The van der Waals surface area contributed by atoms with Crippen LogP contribution in [0.5, 0.6) is 0 Å². The monoisotopic (exact) mass is 303 g/mol. The molecule has 1 aliphatic rings. The van der Waals surface area contributed by atoms with Crippen LogP contribution in [0, 0.1) is 11.8 Å². The number of aliphatic carboxylic acids is 1. The lowest BCUT2D eigenvalue weighted by Gasteiger charge is -2.28. The van der Waals surface area contributed by atoms with Crippen LogP contribution in [0.2, 0.25) is 0 Å². The summed E-state index contributed by atoms with van der Waals surface area (Å²) in [6.07, 6.45) is 5.40. The number of benzene rings is 1. The summed E-state index contributed by atoms with van der Waals surface area (Å²) in [5, 5.41) is 12.1. The fourth-order valence-corrected chi connectivity index (χ4v) is 3.17. The Hall–Kier alpha value is -1.84. The fourth-order valence-electron chi connectivity index (χ4n) is 3.17. The standard InChI is InChI=1S/C18H25NO3/c1-2-13-8-10-15(11-9-13)17(20)19-16(18(21)22)12-14-6-4-3-5-7-14/h3-7,13,15-16H,2,8-12H2,1H3,(H,19,20)(H,21,22). The highest BCUT2D eigenvalue weighted by atomic mass is 16.4. The Morgan fingerprint density at radius 1 is 1.18 bits per heavy atom. The van der Waals surface area contributed by atoms with Crippen LogP contribution in [-0.2, 0) is 16.0 Å². The minimum absolute atomic E-state index is 0.0274. The van der Waals surface area contributed by atoms with Gasteiger partial charge in [-0.3, -0.25) is 4.79 Å². The number of carbonyl (C=O) groups is 2. The third kappa shape index (κ3) is 4.58. The van der Waals surface area contributed by atoms with Crippen LogP contribution in [0.3, 0.4) is 0 Å². The Balaban J connectivity index is 1.91. The molecule has 0 saturated heterocycles. The minimum atomic E-state index is -0.973. The summed E-state index contributed by atoms with van der Waals surface area (Å²) in [6, 6.07) is 8.57. The lowest BCUT2D eigenvalue weighted by atomic mass is 9.80. The van der Waals surface area contributed by atoms with Crippen molar-refractivity contribution in [1.29, 1.82) is 0 Å². The van der Waals surface area contributed by atoms with Gasteiger partial charge >= 0.3 is 5.97 Å². The second kappa shape index (κ2) is 7.97. The minimum Gasteiger partial charge on any atom is -0.480 e. The summed E-state index contributed by atoms with van der Waals surface area (Å²) < 4.78 is 0. The maximum absolute atomic E-state index is 12.3. The molecule has 0 heterocycles. The molecule has 1 fully saturated rings. The lowest BCUT2D eigenvalue weighted by molar-refractivity contribution is -0.142. The molecule has 1 saturated carbocycles. The van der Waals surface area contributed by atoms with Crippen molar-refractivity contribution in [3.63, 3.8) is 0 Å². The van der Waals surface area contributed by atoms with Gasteiger partial charge < -0.3 is 10.4 Å². The molecule has 22 heavy (non-hydrogen) atoms. The number of hydrogen-bond acceptors (Lipinski definition) is 2. The summed E-state index contributed by atoms with van der Waals surface area (Å²) in [6.45, 7) is 2.19. The number of carboxylic acids is 1. The zero-order valence-electron chi connectivity index (χ0n) is 13.1. The van der Waals surface area contributed by atoms with Crippen molar-refractivity contribution in [2.45, 2.75) is 51.5 Å². The summed E-state index contributed by atoms with van der Waals surface area (Å²) >= 11 is 0. The molecule has 4 nitrogen and oxygen atoms in total. The van der Waals surface area contributed by atoms with Gasteiger partial charge in [-0.05, 0) is 37.2 Å². The van der Waals surface area contributed by atoms with E-state index in [9.17, 15) is 14.7 Å². The van der Waals surface area contributed by atoms with Crippen LogP contribution in [0.4, 0.5) is 0 Å². The molecule has 0 aromatic heterocycles. The average molecular weight is 303 g/mol. The van der Waals surface area contributed by atoms with Gasteiger partial charge in [0.25, 0.3) is 0 Å². The summed E-state index contributed by atoms with van der Waals surface area (Å²) in [5.74, 6) is -0.374. The van der Waals surface area contributed by atoms with Gasteiger partial charge in [0.15, 0.2) is 0 Å². The molecule has 4 heteroatoms. The van der Waals surface area contributed by atoms with E-state index in [1.54, 1.807) is 0 Å². The van der Waals surface area contributed by atoms with Gasteiger partial charge in [-0.15, -0.1) is 0 Å². The zero-order valence-corrected chi connectivity index (χ0v) is 13.1. The molecule has 2 rings (SSSR count). The van der Waals surface area contributed by atoms with Gasteiger partial charge in [0, 0.05) is 12.3 Å². The zero-order chi connectivity index (χ0) is 15.9. The first-order valence-electron chi connectivity index (χ1n) is 8.17. The van der Waals surface area contributed by atoms with Crippen LogP contribution >= 0.6 is 0 Å². The highest BCUT2D eigenvalue weighted by molar-refractivity contribution is 5.85. The number of nitrogens with one attached hydrogen (secondary N) is 1. The van der Waals surface area contributed by atoms with E-state index in [0.717, 1.165) is 37.2 Å². The van der Waals surface area contributed by atoms with E-state index >= 15 is 0 Å². The Labute approximate surface area is 131 Å². The average Bonchev–Trinajstić information content (AvgIpc) is 2.55. The number of carboxylic acid groups (broad SMARTS) is 1. The lowest BCUT2D eigenvalue weighted by Crippen LogP contribution is -2.45. The molecule has 1 atom stereocenters. The second-order valence-corrected chi connectivity index (χ2v) is 6.22. The van der Waals surface area contributed by atoms with E-state index in [0.29, 0.717) is 6.42 Å². The van der Waals surface area contributed by atoms with E-state index in [2.05, 4.69) is 12.2 Å². The maximum atomic E-state index is 12.3. The van der Waals surface area contributed by atoms with Gasteiger partial charge in [0.05, 0.1) is 0 Å². The first-order chi connectivity index (χ1) is 10.6. The van der Waals surface area contributed by atoms with Crippen molar-refractivity contribution >= 4 is 11.9 Å². The quantitative estimate of drug-likeness (QED) is 0.849. The van der Waals surface area contributed by atoms with Gasteiger partial charge in [-0.25, -0.2) is 4.79 Å². The Kier molecular flexibility index (Phi) is 5.99. The van der Waals surface area contributed by atoms with Gasteiger partial charge in [-0.1, -0.05) is 43.7 Å². The van der Waals surface area contributed by atoms with E-state index in [-0.39, 0.29) is 11.8 Å². The molecular weight excluding hydrogens is 278 g/mol. The molecule has 0 radical (unpaired) electrons. The second-order valence-electron chi connectivity index (χ2n) is 6.22. The maximum Gasteiger partial charge on any atom is 0.326 e. The first kappa shape index (κ1) is 16.5. The van der Waals surface area contributed by atoms with Crippen LogP contribution in [0.1, 0.15) is 44.6 Å². The first-order valence-corrected chi connectivity index (χ1v) is 8.17. The molecule has 0 bridgehead atoms. The molecule has 1 aromatic carbocycles. The Morgan fingerprint density at radius 2 is 1.82 bits per heavy atom. The number of hydrogen-bond donors (Lipinski definition) is 2. The number of amides is 1. The van der Waals surface area contributed by atoms with E-state index in [4.69, 9.17) is 0 Å². The van der Waals surface area contributed by atoms with Gasteiger partial charge in [0.1, 0.15) is 6.04 Å². The number of rotatable bonds is 6. The molecule has 1 aromatic rings. The summed E-state index contributed by atoms with van der Waals surface area (Å²) in [5.41, 5.74) is 0.921. The van der Waals surface area contributed by atoms with E-state index in [1.807, 2.05) is 30.3 Å². The van der Waals surface area contributed by atoms with Crippen molar-refractivity contribution in [2.24, 2.45) is 11.8 Å². The molecule has 0 aliphatic heterocycles. The van der Waals surface area contributed by atoms with Crippen molar-refractivity contribution < 1.29 is 14.7 Å².